The number of anilines is 1. The van der Waals surface area contributed by atoms with Crippen LogP contribution in [0, 0.1) is 10.1 Å². The van der Waals surface area contributed by atoms with Gasteiger partial charge in [0.05, 0.1) is 22.7 Å². The predicted octanol–water partition coefficient (Wildman–Crippen LogP) is 4.94. The van der Waals surface area contributed by atoms with E-state index in [1.807, 2.05) is 25.1 Å². The second kappa shape index (κ2) is 12.5. The third-order valence-electron chi connectivity index (χ3n) is 5.24. The molecule has 0 unspecified atom stereocenters. The molecule has 1 aromatic heterocycles. The highest BCUT2D eigenvalue weighted by Crippen LogP contribution is 2.34. The number of nitrogens with zero attached hydrogens (tertiary/aromatic N) is 4. The molecule has 8 nitrogen and oxygen atoms in total. The molecule has 0 bridgehead atoms. The molecule has 178 valence electrons. The quantitative estimate of drug-likeness (QED) is 0.278. The van der Waals surface area contributed by atoms with Gasteiger partial charge < -0.3 is 9.64 Å². The number of ether oxygens (including phenoxy) is 1. The third kappa shape index (κ3) is 6.63. The molecule has 0 saturated carbocycles. The summed E-state index contributed by atoms with van der Waals surface area (Å²) < 4.78 is 6.67. The first-order chi connectivity index (χ1) is 15.5. The molecule has 1 amide bonds. The number of rotatable bonds is 11. The van der Waals surface area contributed by atoms with Gasteiger partial charge in [-0.2, -0.15) is 0 Å². The highest BCUT2D eigenvalue weighted by Gasteiger charge is 2.22. The molecule has 0 aliphatic heterocycles. The van der Waals surface area contributed by atoms with Crippen LogP contribution in [0.3, 0.4) is 0 Å². The van der Waals surface area contributed by atoms with Crippen molar-refractivity contribution in [3.05, 3.63) is 58.1 Å². The van der Waals surface area contributed by atoms with E-state index in [-0.39, 0.29) is 30.4 Å². The van der Waals surface area contributed by atoms with Gasteiger partial charge >= 0.3 is 0 Å². The normalized spacial score (nSPS) is 10.8. The van der Waals surface area contributed by atoms with E-state index in [0.29, 0.717) is 24.0 Å². The number of likely N-dealkylation sites (N-methyl/N-ethyl adjacent to an activating group) is 1. The van der Waals surface area contributed by atoms with Gasteiger partial charge in [0.1, 0.15) is 11.3 Å². The minimum Gasteiger partial charge on any atom is -0.492 e. The monoisotopic (exact) mass is 492 g/mol. The topological polar surface area (TPSA) is 88.8 Å². The average Bonchev–Trinajstić information content (AvgIpc) is 3.22. The zero-order valence-corrected chi connectivity index (χ0v) is 20.7. The van der Waals surface area contributed by atoms with Gasteiger partial charge in [0.25, 0.3) is 5.69 Å². The van der Waals surface area contributed by atoms with Gasteiger partial charge in [0, 0.05) is 25.2 Å². The number of halogens is 1. The van der Waals surface area contributed by atoms with Crippen LogP contribution in [-0.4, -0.2) is 53.5 Å². The maximum absolute atomic E-state index is 13.3. The Kier molecular flexibility index (Phi) is 10.0. The lowest BCUT2D eigenvalue weighted by Crippen LogP contribution is -2.39. The molecular formula is C23H29ClN4O4S. The first-order valence-electron chi connectivity index (χ1n) is 10.7. The molecule has 3 rings (SSSR count). The number of carbonyl (C=O) groups excluding carboxylic acids is 1. The lowest BCUT2D eigenvalue weighted by molar-refractivity contribution is -0.384. The van der Waals surface area contributed by atoms with Gasteiger partial charge in [-0.25, -0.2) is 4.98 Å². The molecule has 0 fully saturated rings. The van der Waals surface area contributed by atoms with E-state index < -0.39 is 4.92 Å². The van der Waals surface area contributed by atoms with Crippen LogP contribution in [0.1, 0.15) is 26.3 Å². The van der Waals surface area contributed by atoms with E-state index in [4.69, 9.17) is 9.72 Å². The Labute approximate surface area is 203 Å². The molecule has 3 aromatic rings. The predicted molar refractivity (Wildman–Crippen MR) is 135 cm³/mol. The molecule has 2 aromatic carbocycles. The third-order valence-corrected chi connectivity index (χ3v) is 6.28. The molecule has 0 atom stereocenters. The van der Waals surface area contributed by atoms with Gasteiger partial charge in [-0.3, -0.25) is 19.8 Å². The number of benzene rings is 2. The standard InChI is InChI=1S/C23H28N4O4S.ClH/c1-4-25(5-2)14-15-26(21(28)16-17-10-12-18(13-11-17)27(29)30)23-24-22-19(31-6-3)8-7-9-20(22)32-23;/h7-13H,4-6,14-16H2,1-3H3;1H. The second-order valence-electron chi connectivity index (χ2n) is 7.20. The van der Waals surface area contributed by atoms with Crippen molar-refractivity contribution >= 4 is 50.7 Å². The van der Waals surface area contributed by atoms with Crippen molar-refractivity contribution in [2.45, 2.75) is 27.2 Å². The van der Waals surface area contributed by atoms with Gasteiger partial charge in [0.2, 0.25) is 5.91 Å². The minimum atomic E-state index is -0.445. The Morgan fingerprint density at radius 1 is 1.09 bits per heavy atom. The van der Waals surface area contributed by atoms with E-state index in [0.717, 1.165) is 35.4 Å². The van der Waals surface area contributed by atoms with Gasteiger partial charge in [-0.15, -0.1) is 12.4 Å². The highest BCUT2D eigenvalue weighted by molar-refractivity contribution is 7.22. The molecular weight excluding hydrogens is 464 g/mol. The number of nitro groups is 1. The SMILES string of the molecule is CCOc1cccc2sc(N(CCN(CC)CC)C(=O)Cc3ccc([N+](=O)[O-])cc3)nc12.Cl. The fourth-order valence-electron chi connectivity index (χ4n) is 3.41. The van der Waals surface area contributed by atoms with Crippen molar-refractivity contribution in [3.8, 4) is 5.75 Å². The highest BCUT2D eigenvalue weighted by atomic mass is 35.5. The Morgan fingerprint density at radius 2 is 1.79 bits per heavy atom. The van der Waals surface area contributed by atoms with Gasteiger partial charge in [-0.1, -0.05) is 43.4 Å². The number of para-hydroxylation sites is 1. The minimum absolute atomic E-state index is 0. The molecule has 0 aliphatic carbocycles. The van der Waals surface area contributed by atoms with Crippen LogP contribution in [0.5, 0.6) is 5.75 Å². The van der Waals surface area contributed by atoms with Crippen molar-refractivity contribution in [1.82, 2.24) is 9.88 Å². The van der Waals surface area contributed by atoms with Crippen molar-refractivity contribution in [1.29, 1.82) is 0 Å². The molecule has 0 aliphatic rings. The zero-order chi connectivity index (χ0) is 23.1. The molecule has 0 radical (unpaired) electrons. The summed E-state index contributed by atoms with van der Waals surface area (Å²) in [6.45, 7) is 9.69. The van der Waals surface area contributed by atoms with E-state index >= 15 is 0 Å². The fraction of sp³-hybridized carbons (Fsp3) is 0.391. The molecule has 0 saturated heterocycles. The van der Waals surface area contributed by atoms with Crippen LogP contribution in [0.15, 0.2) is 42.5 Å². The van der Waals surface area contributed by atoms with E-state index in [9.17, 15) is 14.9 Å². The number of hydrogen-bond acceptors (Lipinski definition) is 7. The molecule has 10 heteroatoms. The average molecular weight is 493 g/mol. The maximum Gasteiger partial charge on any atom is 0.269 e. The molecule has 0 spiro atoms. The Balaban J connectivity index is 0.00000385. The number of hydrogen-bond donors (Lipinski definition) is 0. The van der Waals surface area contributed by atoms with E-state index in [2.05, 4.69) is 18.7 Å². The lowest BCUT2D eigenvalue weighted by atomic mass is 10.1. The largest absolute Gasteiger partial charge is 0.492 e. The van der Waals surface area contributed by atoms with Crippen molar-refractivity contribution < 1.29 is 14.5 Å². The second-order valence-corrected chi connectivity index (χ2v) is 8.21. The van der Waals surface area contributed by atoms with Crippen LogP contribution in [0.4, 0.5) is 10.8 Å². The number of amides is 1. The van der Waals surface area contributed by atoms with Crippen LogP contribution in [-0.2, 0) is 11.2 Å². The summed E-state index contributed by atoms with van der Waals surface area (Å²) in [6, 6.07) is 11.9. The fourth-order valence-corrected chi connectivity index (χ4v) is 4.44. The summed E-state index contributed by atoms with van der Waals surface area (Å²) in [5.41, 5.74) is 1.49. The van der Waals surface area contributed by atoms with Gasteiger partial charge in [-0.05, 0) is 37.7 Å². The summed E-state index contributed by atoms with van der Waals surface area (Å²) in [7, 11) is 0. The van der Waals surface area contributed by atoms with Crippen molar-refractivity contribution in [2.75, 3.05) is 37.7 Å². The van der Waals surface area contributed by atoms with E-state index in [1.54, 1.807) is 17.0 Å². The lowest BCUT2D eigenvalue weighted by Gasteiger charge is -2.24. The Hall–Kier alpha value is -2.75. The number of nitro benzene ring substituents is 1. The summed E-state index contributed by atoms with van der Waals surface area (Å²) in [4.78, 5) is 32.5. The number of non-ortho nitro benzene ring substituents is 1. The summed E-state index contributed by atoms with van der Waals surface area (Å²) in [5.74, 6) is 0.613. The van der Waals surface area contributed by atoms with Gasteiger partial charge in [0.15, 0.2) is 5.13 Å². The maximum atomic E-state index is 13.3. The van der Waals surface area contributed by atoms with E-state index in [1.165, 1.54) is 23.5 Å². The first-order valence-corrected chi connectivity index (χ1v) is 11.6. The van der Waals surface area contributed by atoms with Crippen LogP contribution >= 0.6 is 23.7 Å². The number of fused-ring (bicyclic) bond motifs is 1. The number of carbonyl (C=O) groups is 1. The Morgan fingerprint density at radius 3 is 2.39 bits per heavy atom. The molecule has 33 heavy (non-hydrogen) atoms. The number of thiazole rings is 1. The first kappa shape index (κ1) is 26.5. The van der Waals surface area contributed by atoms with Crippen LogP contribution in [0.25, 0.3) is 10.2 Å². The Bertz CT molecular complexity index is 1070. The smallest absolute Gasteiger partial charge is 0.269 e. The summed E-state index contributed by atoms with van der Waals surface area (Å²) in [5, 5.41) is 11.5. The molecule has 0 N–H and O–H groups in total. The summed E-state index contributed by atoms with van der Waals surface area (Å²) >= 11 is 1.46. The van der Waals surface area contributed by atoms with Crippen LogP contribution < -0.4 is 9.64 Å². The van der Waals surface area contributed by atoms with Crippen molar-refractivity contribution in [2.24, 2.45) is 0 Å². The summed E-state index contributed by atoms with van der Waals surface area (Å²) in [6.07, 6.45) is 0.143. The zero-order valence-electron chi connectivity index (χ0n) is 19.0. The van der Waals surface area contributed by atoms with Crippen LogP contribution in [0.2, 0.25) is 0 Å². The number of aromatic nitrogens is 1. The molecule has 1 heterocycles. The van der Waals surface area contributed by atoms with Crippen molar-refractivity contribution in [3.63, 3.8) is 0 Å².